The molecule has 2 aromatic rings. The van der Waals surface area contributed by atoms with Crippen LogP contribution in [0.25, 0.3) is 11.3 Å². The lowest BCUT2D eigenvalue weighted by Gasteiger charge is -2.12. The van der Waals surface area contributed by atoms with Gasteiger partial charge in [-0.3, -0.25) is 4.79 Å². The third-order valence-corrected chi connectivity index (χ3v) is 4.46. The fourth-order valence-corrected chi connectivity index (χ4v) is 2.91. The molecule has 0 saturated heterocycles. The Morgan fingerprint density at radius 2 is 2.00 bits per heavy atom. The van der Waals surface area contributed by atoms with E-state index in [-0.39, 0.29) is 18.2 Å². The molecule has 1 atom stereocenters. The zero-order chi connectivity index (χ0) is 17.0. The van der Waals surface area contributed by atoms with Gasteiger partial charge in [-0.25, -0.2) is 4.98 Å². The van der Waals surface area contributed by atoms with Crippen molar-refractivity contribution in [2.75, 3.05) is 12.4 Å². The maximum atomic E-state index is 11.9. The van der Waals surface area contributed by atoms with Gasteiger partial charge >= 0.3 is 0 Å². The van der Waals surface area contributed by atoms with E-state index in [0.717, 1.165) is 21.9 Å². The van der Waals surface area contributed by atoms with Crippen molar-refractivity contribution in [3.05, 3.63) is 29.1 Å². The highest BCUT2D eigenvalue weighted by Crippen LogP contribution is 2.31. The van der Waals surface area contributed by atoms with Gasteiger partial charge in [-0.05, 0) is 37.1 Å². The van der Waals surface area contributed by atoms with E-state index in [1.54, 1.807) is 7.11 Å². The van der Waals surface area contributed by atoms with Crippen LogP contribution in [-0.2, 0) is 4.79 Å². The number of aliphatic hydroxyl groups excluding tert-OH is 1. The number of methoxy groups -OCH3 is 1. The van der Waals surface area contributed by atoms with Crippen LogP contribution in [0.15, 0.2) is 24.3 Å². The Balaban J connectivity index is 2.09. The van der Waals surface area contributed by atoms with Gasteiger partial charge in [-0.15, -0.1) is 11.3 Å². The first kappa shape index (κ1) is 17.4. The summed E-state index contributed by atoms with van der Waals surface area (Å²) in [6, 6.07) is 7.64. The molecule has 0 spiro atoms. The van der Waals surface area contributed by atoms with Gasteiger partial charge in [0.05, 0.1) is 25.3 Å². The van der Waals surface area contributed by atoms with Crippen LogP contribution in [0.1, 0.15) is 25.1 Å². The van der Waals surface area contributed by atoms with E-state index in [9.17, 15) is 9.90 Å². The topological polar surface area (TPSA) is 71.5 Å². The van der Waals surface area contributed by atoms with Crippen LogP contribution in [0.2, 0.25) is 0 Å². The lowest BCUT2D eigenvalue weighted by molar-refractivity contribution is -0.118. The number of nitrogens with one attached hydrogen (secondary N) is 1. The van der Waals surface area contributed by atoms with Gasteiger partial charge in [-0.1, -0.05) is 13.8 Å². The first-order valence-electron chi connectivity index (χ1n) is 7.50. The first-order valence-corrected chi connectivity index (χ1v) is 8.32. The SMILES string of the molecule is COc1ccc(-c2nc(NC(=O)CC(O)C(C)C)sc2C)cc1. The number of aliphatic hydroxyl groups is 1. The van der Waals surface area contributed by atoms with Crippen molar-refractivity contribution in [1.29, 1.82) is 0 Å². The van der Waals surface area contributed by atoms with Crippen LogP contribution < -0.4 is 10.1 Å². The normalized spacial score (nSPS) is 12.3. The number of hydrogen-bond donors (Lipinski definition) is 2. The minimum absolute atomic E-state index is 0.0497. The number of anilines is 1. The van der Waals surface area contributed by atoms with E-state index >= 15 is 0 Å². The number of aryl methyl sites for hydroxylation is 1. The highest BCUT2D eigenvalue weighted by molar-refractivity contribution is 7.16. The number of aromatic nitrogens is 1. The fraction of sp³-hybridized carbons (Fsp3) is 0.412. The third-order valence-electron chi connectivity index (χ3n) is 3.57. The van der Waals surface area contributed by atoms with Crippen molar-refractivity contribution in [3.63, 3.8) is 0 Å². The van der Waals surface area contributed by atoms with Crippen molar-refractivity contribution in [2.45, 2.75) is 33.3 Å². The number of thiazole rings is 1. The molecular formula is C17H22N2O3S. The molecular weight excluding hydrogens is 312 g/mol. The third kappa shape index (κ3) is 4.53. The summed E-state index contributed by atoms with van der Waals surface area (Å²) in [6.07, 6.45) is -0.564. The van der Waals surface area contributed by atoms with E-state index in [0.29, 0.717) is 5.13 Å². The Hall–Kier alpha value is -1.92. The van der Waals surface area contributed by atoms with Gasteiger partial charge in [0.1, 0.15) is 5.75 Å². The number of nitrogens with zero attached hydrogens (tertiary/aromatic N) is 1. The zero-order valence-corrected chi connectivity index (χ0v) is 14.6. The molecule has 1 heterocycles. The summed E-state index contributed by atoms with van der Waals surface area (Å²) in [5.74, 6) is 0.618. The maximum Gasteiger partial charge on any atom is 0.228 e. The molecule has 0 aliphatic carbocycles. The van der Waals surface area contributed by atoms with Gasteiger partial charge in [0.15, 0.2) is 5.13 Å². The highest BCUT2D eigenvalue weighted by atomic mass is 32.1. The molecule has 5 nitrogen and oxygen atoms in total. The molecule has 23 heavy (non-hydrogen) atoms. The second-order valence-corrected chi connectivity index (χ2v) is 6.92. The highest BCUT2D eigenvalue weighted by Gasteiger charge is 2.17. The summed E-state index contributed by atoms with van der Waals surface area (Å²) in [7, 11) is 1.63. The van der Waals surface area contributed by atoms with Crippen LogP contribution in [0.4, 0.5) is 5.13 Å². The van der Waals surface area contributed by atoms with Gasteiger partial charge in [-0.2, -0.15) is 0 Å². The molecule has 1 aromatic carbocycles. The van der Waals surface area contributed by atoms with Crippen LogP contribution in [0.3, 0.4) is 0 Å². The summed E-state index contributed by atoms with van der Waals surface area (Å²) < 4.78 is 5.15. The Kier molecular flexibility index (Phi) is 5.74. The molecule has 0 aliphatic heterocycles. The van der Waals surface area contributed by atoms with Crippen molar-refractivity contribution >= 4 is 22.4 Å². The number of hydrogen-bond acceptors (Lipinski definition) is 5. The van der Waals surface area contributed by atoms with Gasteiger partial charge in [0.2, 0.25) is 5.91 Å². The van der Waals surface area contributed by atoms with Crippen LogP contribution in [0, 0.1) is 12.8 Å². The predicted molar refractivity (Wildman–Crippen MR) is 92.9 cm³/mol. The minimum Gasteiger partial charge on any atom is -0.497 e. The second kappa shape index (κ2) is 7.57. The van der Waals surface area contributed by atoms with Crippen molar-refractivity contribution in [3.8, 4) is 17.0 Å². The number of ether oxygens (including phenoxy) is 1. The minimum atomic E-state index is -0.642. The van der Waals surface area contributed by atoms with Crippen LogP contribution in [-0.4, -0.2) is 29.2 Å². The molecule has 1 unspecified atom stereocenters. The van der Waals surface area contributed by atoms with E-state index in [2.05, 4.69) is 10.3 Å². The number of benzene rings is 1. The predicted octanol–water partition coefficient (Wildman–Crippen LogP) is 3.47. The zero-order valence-electron chi connectivity index (χ0n) is 13.8. The quantitative estimate of drug-likeness (QED) is 0.848. The fourth-order valence-electron chi connectivity index (χ4n) is 2.06. The molecule has 1 aromatic heterocycles. The Morgan fingerprint density at radius 1 is 1.35 bits per heavy atom. The number of carbonyl (C=O) groups excluding carboxylic acids is 1. The molecule has 2 rings (SSSR count). The molecule has 0 radical (unpaired) electrons. The molecule has 2 N–H and O–H groups in total. The maximum absolute atomic E-state index is 11.9. The second-order valence-electron chi connectivity index (χ2n) is 5.72. The van der Waals surface area contributed by atoms with Crippen molar-refractivity contribution in [2.24, 2.45) is 5.92 Å². The van der Waals surface area contributed by atoms with E-state index in [4.69, 9.17) is 4.74 Å². The Labute approximate surface area is 140 Å². The number of carbonyl (C=O) groups is 1. The van der Waals surface area contributed by atoms with E-state index in [1.807, 2.05) is 45.0 Å². The smallest absolute Gasteiger partial charge is 0.228 e. The number of amides is 1. The van der Waals surface area contributed by atoms with Gasteiger partial charge in [0.25, 0.3) is 0 Å². The Morgan fingerprint density at radius 3 is 2.57 bits per heavy atom. The lowest BCUT2D eigenvalue weighted by atomic mass is 10.0. The van der Waals surface area contributed by atoms with E-state index in [1.165, 1.54) is 11.3 Å². The summed E-state index contributed by atoms with van der Waals surface area (Å²) >= 11 is 1.43. The average Bonchev–Trinajstić information content (AvgIpc) is 2.87. The molecule has 0 fully saturated rings. The largest absolute Gasteiger partial charge is 0.497 e. The molecule has 0 saturated carbocycles. The molecule has 124 valence electrons. The van der Waals surface area contributed by atoms with Crippen molar-refractivity contribution < 1.29 is 14.6 Å². The molecule has 6 heteroatoms. The summed E-state index contributed by atoms with van der Waals surface area (Å²) in [5, 5.41) is 13.1. The lowest BCUT2D eigenvalue weighted by Crippen LogP contribution is -2.23. The number of rotatable bonds is 6. The van der Waals surface area contributed by atoms with Crippen molar-refractivity contribution in [1.82, 2.24) is 4.98 Å². The van der Waals surface area contributed by atoms with Gasteiger partial charge < -0.3 is 15.2 Å². The molecule has 0 aliphatic rings. The first-order chi connectivity index (χ1) is 10.9. The standard InChI is InChI=1S/C17H22N2O3S/c1-10(2)14(20)9-15(21)18-17-19-16(11(3)23-17)12-5-7-13(22-4)8-6-12/h5-8,10,14,20H,9H2,1-4H3,(H,18,19,21). The molecule has 1 amide bonds. The Bertz CT molecular complexity index is 665. The summed E-state index contributed by atoms with van der Waals surface area (Å²) in [6.45, 7) is 5.73. The van der Waals surface area contributed by atoms with Crippen LogP contribution >= 0.6 is 11.3 Å². The summed E-state index contributed by atoms with van der Waals surface area (Å²) in [4.78, 5) is 17.5. The average molecular weight is 334 g/mol. The van der Waals surface area contributed by atoms with E-state index < -0.39 is 6.10 Å². The monoisotopic (exact) mass is 334 g/mol. The van der Waals surface area contributed by atoms with Gasteiger partial charge in [0, 0.05) is 10.4 Å². The summed E-state index contributed by atoms with van der Waals surface area (Å²) in [5.41, 5.74) is 1.82. The molecule has 0 bridgehead atoms. The van der Waals surface area contributed by atoms with Crippen LogP contribution in [0.5, 0.6) is 5.75 Å².